The topological polar surface area (TPSA) is 70.6 Å². The highest BCUT2D eigenvalue weighted by Crippen LogP contribution is 2.26. The van der Waals surface area contributed by atoms with E-state index >= 15 is 0 Å². The van der Waals surface area contributed by atoms with Crippen LogP contribution in [0.15, 0.2) is 73.3 Å². The molecule has 142 valence electrons. The molecule has 3 N–H and O–H groups in total. The number of aromatic hydroxyl groups is 1. The Morgan fingerprint density at radius 1 is 1.00 bits per heavy atom. The first kappa shape index (κ1) is 19.0. The van der Waals surface area contributed by atoms with Crippen molar-refractivity contribution >= 4 is 23.0 Å². The molecule has 5 heteroatoms. The van der Waals surface area contributed by atoms with E-state index in [1.54, 1.807) is 12.1 Å². The van der Waals surface area contributed by atoms with E-state index in [-0.39, 0.29) is 11.3 Å². The van der Waals surface area contributed by atoms with E-state index in [0.29, 0.717) is 11.4 Å². The van der Waals surface area contributed by atoms with E-state index < -0.39 is 5.91 Å². The van der Waals surface area contributed by atoms with E-state index in [1.807, 2.05) is 49.4 Å². The number of phenols is 1. The predicted octanol–water partition coefficient (Wildman–Crippen LogP) is 5.04. The zero-order valence-corrected chi connectivity index (χ0v) is 15.8. The van der Waals surface area contributed by atoms with Gasteiger partial charge in [-0.25, -0.2) is 0 Å². The standard InChI is InChI=1S/C23H22N2O3/c1-15-7-4-5-10-21(15)24-16(2)17-8-6-9-18(13-17)25-23(27)20-12-11-19(28-3)14-22(20)26/h4-14,24,26H,2H2,1,3H3,(H,25,27). The van der Waals surface area contributed by atoms with Crippen molar-refractivity contribution in [2.45, 2.75) is 6.92 Å². The van der Waals surface area contributed by atoms with E-state index in [4.69, 9.17) is 4.74 Å². The molecule has 0 saturated carbocycles. The lowest BCUT2D eigenvalue weighted by Crippen LogP contribution is -2.12. The molecule has 0 aromatic heterocycles. The van der Waals surface area contributed by atoms with Crippen molar-refractivity contribution in [1.82, 2.24) is 0 Å². The predicted molar refractivity (Wildman–Crippen MR) is 113 cm³/mol. The highest BCUT2D eigenvalue weighted by Gasteiger charge is 2.13. The van der Waals surface area contributed by atoms with Gasteiger partial charge in [-0.05, 0) is 48.4 Å². The third kappa shape index (κ3) is 4.32. The Morgan fingerprint density at radius 3 is 2.50 bits per heavy atom. The second-order valence-corrected chi connectivity index (χ2v) is 6.34. The summed E-state index contributed by atoms with van der Waals surface area (Å²) in [6, 6.07) is 19.8. The minimum Gasteiger partial charge on any atom is -0.507 e. The van der Waals surface area contributed by atoms with Gasteiger partial charge in [-0.3, -0.25) is 4.79 Å². The first-order valence-electron chi connectivity index (χ1n) is 8.78. The molecule has 28 heavy (non-hydrogen) atoms. The second kappa shape index (κ2) is 8.31. The number of ether oxygens (including phenoxy) is 1. The van der Waals surface area contributed by atoms with Gasteiger partial charge in [0.1, 0.15) is 11.5 Å². The summed E-state index contributed by atoms with van der Waals surface area (Å²) in [5.41, 5.74) is 4.43. The average molecular weight is 374 g/mol. The van der Waals surface area contributed by atoms with Crippen LogP contribution in [0.5, 0.6) is 11.5 Å². The number of phenolic OH excluding ortho intramolecular Hbond substituents is 1. The Hall–Kier alpha value is -3.73. The van der Waals surface area contributed by atoms with E-state index in [0.717, 1.165) is 22.5 Å². The normalized spacial score (nSPS) is 10.2. The van der Waals surface area contributed by atoms with Gasteiger partial charge in [0.2, 0.25) is 0 Å². The molecular formula is C23H22N2O3. The van der Waals surface area contributed by atoms with Crippen LogP contribution in [0, 0.1) is 6.92 Å². The number of nitrogens with one attached hydrogen (secondary N) is 2. The Labute approximate surface area is 164 Å². The number of anilines is 2. The molecule has 3 aromatic carbocycles. The van der Waals surface area contributed by atoms with Crippen LogP contribution in [0.4, 0.5) is 11.4 Å². The van der Waals surface area contributed by atoms with Crippen molar-refractivity contribution in [2.24, 2.45) is 0 Å². The monoisotopic (exact) mass is 374 g/mol. The van der Waals surface area contributed by atoms with Crippen LogP contribution in [0.25, 0.3) is 5.70 Å². The van der Waals surface area contributed by atoms with Crippen LogP contribution in [-0.2, 0) is 0 Å². The number of carbonyl (C=O) groups excluding carboxylic acids is 1. The Kier molecular flexibility index (Phi) is 5.65. The molecule has 0 spiro atoms. The fourth-order valence-electron chi connectivity index (χ4n) is 2.76. The number of aryl methyl sites for hydroxylation is 1. The van der Waals surface area contributed by atoms with Crippen LogP contribution in [0.1, 0.15) is 21.5 Å². The van der Waals surface area contributed by atoms with E-state index in [1.165, 1.54) is 19.2 Å². The first-order chi connectivity index (χ1) is 13.5. The molecule has 1 amide bonds. The fourth-order valence-corrected chi connectivity index (χ4v) is 2.76. The minimum absolute atomic E-state index is 0.140. The molecule has 0 radical (unpaired) electrons. The summed E-state index contributed by atoms with van der Waals surface area (Å²) in [7, 11) is 1.50. The molecule has 0 aliphatic carbocycles. The van der Waals surface area contributed by atoms with Crippen molar-refractivity contribution < 1.29 is 14.6 Å². The summed E-state index contributed by atoms with van der Waals surface area (Å²) in [6.45, 7) is 6.12. The van der Waals surface area contributed by atoms with E-state index in [2.05, 4.69) is 17.2 Å². The molecule has 0 atom stereocenters. The Balaban J connectivity index is 1.75. The van der Waals surface area contributed by atoms with Crippen molar-refractivity contribution in [1.29, 1.82) is 0 Å². The third-order valence-corrected chi connectivity index (χ3v) is 4.35. The number of hydrogen-bond acceptors (Lipinski definition) is 4. The smallest absolute Gasteiger partial charge is 0.259 e. The second-order valence-electron chi connectivity index (χ2n) is 6.34. The number of carbonyl (C=O) groups is 1. The van der Waals surface area contributed by atoms with Gasteiger partial charge in [-0.15, -0.1) is 0 Å². The summed E-state index contributed by atoms with van der Waals surface area (Å²) >= 11 is 0. The Morgan fingerprint density at radius 2 is 1.79 bits per heavy atom. The van der Waals surface area contributed by atoms with Gasteiger partial charge in [0.05, 0.1) is 12.7 Å². The molecule has 0 aliphatic rings. The van der Waals surface area contributed by atoms with Crippen molar-refractivity contribution in [2.75, 3.05) is 17.7 Å². The van der Waals surface area contributed by atoms with Gasteiger partial charge in [-0.2, -0.15) is 0 Å². The SMILES string of the molecule is C=C(Nc1ccccc1C)c1cccc(NC(=O)c2ccc(OC)cc2O)c1. The summed E-state index contributed by atoms with van der Waals surface area (Å²) in [5.74, 6) is -0.0666. The van der Waals surface area contributed by atoms with Gasteiger partial charge in [-0.1, -0.05) is 36.9 Å². The molecule has 0 fully saturated rings. The van der Waals surface area contributed by atoms with Crippen LogP contribution >= 0.6 is 0 Å². The lowest BCUT2D eigenvalue weighted by atomic mass is 10.1. The van der Waals surface area contributed by atoms with Crippen molar-refractivity contribution in [3.63, 3.8) is 0 Å². The first-order valence-corrected chi connectivity index (χ1v) is 8.78. The molecule has 5 nitrogen and oxygen atoms in total. The van der Waals surface area contributed by atoms with Crippen molar-refractivity contribution in [3.8, 4) is 11.5 Å². The van der Waals surface area contributed by atoms with Gasteiger partial charge in [0, 0.05) is 23.1 Å². The van der Waals surface area contributed by atoms with Crippen LogP contribution in [0.3, 0.4) is 0 Å². The molecule has 0 heterocycles. The lowest BCUT2D eigenvalue weighted by Gasteiger charge is -2.14. The maximum atomic E-state index is 12.5. The summed E-state index contributed by atoms with van der Waals surface area (Å²) < 4.78 is 5.04. The highest BCUT2D eigenvalue weighted by atomic mass is 16.5. The van der Waals surface area contributed by atoms with Gasteiger partial charge < -0.3 is 20.5 Å². The van der Waals surface area contributed by atoms with Crippen LogP contribution in [0.2, 0.25) is 0 Å². The van der Waals surface area contributed by atoms with Crippen LogP contribution < -0.4 is 15.4 Å². The van der Waals surface area contributed by atoms with Crippen molar-refractivity contribution in [3.05, 3.63) is 90.0 Å². The fraction of sp³-hybridized carbons (Fsp3) is 0.0870. The molecule has 3 aromatic rings. The maximum absolute atomic E-state index is 12.5. The molecule has 0 saturated heterocycles. The lowest BCUT2D eigenvalue weighted by molar-refractivity contribution is 0.102. The largest absolute Gasteiger partial charge is 0.507 e. The zero-order chi connectivity index (χ0) is 20.1. The summed E-state index contributed by atoms with van der Waals surface area (Å²) in [5, 5.41) is 16.1. The number of methoxy groups -OCH3 is 1. The zero-order valence-electron chi connectivity index (χ0n) is 15.8. The number of rotatable bonds is 6. The molecule has 0 aliphatic heterocycles. The minimum atomic E-state index is -0.408. The van der Waals surface area contributed by atoms with Crippen LogP contribution in [-0.4, -0.2) is 18.1 Å². The number of hydrogen-bond donors (Lipinski definition) is 3. The van der Waals surface area contributed by atoms with Gasteiger partial charge >= 0.3 is 0 Å². The number of benzene rings is 3. The van der Waals surface area contributed by atoms with Gasteiger partial charge in [0.15, 0.2) is 0 Å². The highest BCUT2D eigenvalue weighted by molar-refractivity contribution is 6.06. The molecule has 3 rings (SSSR count). The van der Waals surface area contributed by atoms with Gasteiger partial charge in [0.25, 0.3) is 5.91 Å². The third-order valence-electron chi connectivity index (χ3n) is 4.35. The molecule has 0 unspecified atom stereocenters. The summed E-state index contributed by atoms with van der Waals surface area (Å²) in [6.07, 6.45) is 0. The maximum Gasteiger partial charge on any atom is 0.259 e. The molecule has 0 bridgehead atoms. The van der Waals surface area contributed by atoms with E-state index in [9.17, 15) is 9.90 Å². The molecular weight excluding hydrogens is 352 g/mol. The summed E-state index contributed by atoms with van der Waals surface area (Å²) in [4.78, 5) is 12.5. The Bertz CT molecular complexity index is 1030. The number of amides is 1. The average Bonchev–Trinajstić information content (AvgIpc) is 2.69. The number of para-hydroxylation sites is 1. The quantitative estimate of drug-likeness (QED) is 0.565.